The zero-order valence-electron chi connectivity index (χ0n) is 18.6. The van der Waals surface area contributed by atoms with Gasteiger partial charge in [0.15, 0.2) is 6.29 Å². The van der Waals surface area contributed by atoms with E-state index < -0.39 is 0 Å². The van der Waals surface area contributed by atoms with Gasteiger partial charge in [-0.3, -0.25) is 14.5 Å². The molecule has 2 rings (SSSR count). The van der Waals surface area contributed by atoms with Crippen LogP contribution in [0.15, 0.2) is 63.8 Å². The van der Waals surface area contributed by atoms with E-state index in [0.29, 0.717) is 15.6 Å². The van der Waals surface area contributed by atoms with Gasteiger partial charge in [-0.2, -0.15) is 5.10 Å². The molecule has 0 radical (unpaired) electrons. The lowest BCUT2D eigenvalue weighted by Gasteiger charge is -2.01. The molecule has 0 aromatic heterocycles. The second-order valence-corrected chi connectivity index (χ2v) is 6.57. The normalized spacial score (nSPS) is 11.1. The van der Waals surface area contributed by atoms with Crippen LogP contribution >= 0.6 is 23.2 Å². The largest absolute Gasteiger partial charge is 0.394 e. The summed E-state index contributed by atoms with van der Waals surface area (Å²) >= 11 is 11.5. The highest BCUT2D eigenvalue weighted by atomic mass is 35.5. The van der Waals surface area contributed by atoms with Crippen LogP contribution in [0.1, 0.15) is 15.9 Å². The van der Waals surface area contributed by atoms with Gasteiger partial charge in [-0.25, -0.2) is 11.0 Å². The van der Waals surface area contributed by atoms with E-state index in [4.69, 9.17) is 55.6 Å². The molecular formula is C20H28Cl2N8O5. The number of nitrogens with two attached hydrogens (primary N) is 3. The number of carbonyl (C=O) groups is 1. The first-order valence-corrected chi connectivity index (χ1v) is 10.5. The molecule has 0 unspecified atom stereocenters. The maximum absolute atomic E-state index is 10.1. The number of rotatable bonds is 9. The van der Waals surface area contributed by atoms with Gasteiger partial charge in [-0.05, 0) is 12.1 Å². The van der Waals surface area contributed by atoms with Crippen molar-refractivity contribution in [3.05, 3.63) is 69.7 Å². The third-order valence-electron chi connectivity index (χ3n) is 3.18. The van der Waals surface area contributed by atoms with Gasteiger partial charge in [0.2, 0.25) is 11.9 Å². The predicted octanol–water partition coefficient (Wildman–Crippen LogP) is 0.343. The number of aldehydes is 1. The highest BCUT2D eigenvalue weighted by molar-refractivity contribution is 6.33. The minimum absolute atomic E-state index is 0.0123. The second-order valence-electron chi connectivity index (χ2n) is 5.75. The van der Waals surface area contributed by atoms with Crippen molar-refractivity contribution in [3.63, 3.8) is 0 Å². The molecule has 0 fully saturated rings. The van der Waals surface area contributed by atoms with Gasteiger partial charge in [-0.1, -0.05) is 59.6 Å². The number of hydroxylamine groups is 2. The molecule has 0 spiro atoms. The van der Waals surface area contributed by atoms with Gasteiger partial charge >= 0.3 is 0 Å². The number of benzene rings is 2. The third kappa shape index (κ3) is 16.7. The van der Waals surface area contributed by atoms with E-state index in [1.807, 2.05) is 12.1 Å². The zero-order chi connectivity index (χ0) is 26.3. The molecule has 0 heterocycles. The number of halogens is 2. The topological polar surface area (TPSA) is 215 Å². The number of guanidine groups is 2. The van der Waals surface area contributed by atoms with Gasteiger partial charge < -0.3 is 27.5 Å². The number of hydrogen-bond acceptors (Lipinski definition) is 9. The molecule has 2 aromatic carbocycles. The van der Waals surface area contributed by atoms with Crippen LogP contribution in [0.3, 0.4) is 0 Å². The maximum Gasteiger partial charge on any atom is 0.237 e. The Labute approximate surface area is 212 Å². The molecule has 0 aliphatic heterocycles. The Morgan fingerprint density at radius 2 is 1.37 bits per heavy atom. The lowest BCUT2D eigenvalue weighted by molar-refractivity contribution is 0.0525. The fourth-order valence-corrected chi connectivity index (χ4v) is 2.06. The molecule has 2 aromatic rings. The molecule has 0 aliphatic rings. The van der Waals surface area contributed by atoms with Crippen molar-refractivity contribution in [2.75, 3.05) is 26.4 Å². The highest BCUT2D eigenvalue weighted by Gasteiger charge is 1.94. The zero-order valence-corrected chi connectivity index (χ0v) is 20.1. The first-order chi connectivity index (χ1) is 16.9. The van der Waals surface area contributed by atoms with Gasteiger partial charge in [0.05, 0.1) is 37.7 Å². The van der Waals surface area contributed by atoms with Crippen LogP contribution in [0.4, 0.5) is 0 Å². The number of nitrogens with zero attached hydrogens (tertiary/aromatic N) is 3. The summed E-state index contributed by atoms with van der Waals surface area (Å²) in [5.74, 6) is 4.68. The quantitative estimate of drug-likeness (QED) is 0.0588. The summed E-state index contributed by atoms with van der Waals surface area (Å²) in [5, 5.41) is 28.1. The number of aliphatic hydroxyl groups is 2. The molecule has 0 saturated heterocycles. The van der Waals surface area contributed by atoms with Gasteiger partial charge in [0, 0.05) is 16.1 Å². The lowest BCUT2D eigenvalue weighted by Crippen LogP contribution is -2.33. The summed E-state index contributed by atoms with van der Waals surface area (Å²) in [6.07, 6.45) is 2.21. The van der Waals surface area contributed by atoms with E-state index in [1.54, 1.807) is 36.4 Å². The Bertz CT molecular complexity index is 947. The predicted molar refractivity (Wildman–Crippen MR) is 136 cm³/mol. The minimum atomic E-state index is -0.108. The van der Waals surface area contributed by atoms with Crippen LogP contribution < -0.4 is 28.3 Å². The van der Waals surface area contributed by atoms with Crippen molar-refractivity contribution in [2.24, 2.45) is 32.6 Å². The van der Waals surface area contributed by atoms with E-state index in [-0.39, 0.29) is 38.3 Å². The fraction of sp³-hybridized carbons (Fsp3) is 0.200. The Kier molecular flexibility index (Phi) is 19.0. The van der Waals surface area contributed by atoms with Crippen molar-refractivity contribution in [1.29, 1.82) is 0 Å². The van der Waals surface area contributed by atoms with Crippen LogP contribution in [0.25, 0.3) is 0 Å². The van der Waals surface area contributed by atoms with Crippen molar-refractivity contribution in [2.45, 2.75) is 0 Å². The van der Waals surface area contributed by atoms with Crippen LogP contribution in [-0.2, 0) is 9.68 Å². The van der Waals surface area contributed by atoms with Gasteiger partial charge in [-0.15, -0.1) is 10.2 Å². The number of hydrogen-bond donors (Lipinski definition) is 7. The van der Waals surface area contributed by atoms with Crippen molar-refractivity contribution in [1.82, 2.24) is 11.0 Å². The first kappa shape index (κ1) is 31.5. The molecule has 0 amide bonds. The van der Waals surface area contributed by atoms with Crippen molar-refractivity contribution in [3.8, 4) is 0 Å². The number of aliphatic hydroxyl groups excluding tert-OH is 2. The Morgan fingerprint density at radius 1 is 0.886 bits per heavy atom. The Morgan fingerprint density at radius 3 is 1.80 bits per heavy atom. The summed E-state index contributed by atoms with van der Waals surface area (Å²) in [7, 11) is 0. The number of hydrazone groups is 1. The van der Waals surface area contributed by atoms with Crippen LogP contribution in [0, 0.1) is 0 Å². The van der Waals surface area contributed by atoms with Crippen molar-refractivity contribution >= 4 is 47.6 Å². The summed E-state index contributed by atoms with van der Waals surface area (Å²) in [6.45, 7) is 0.0781. The highest BCUT2D eigenvalue weighted by Crippen LogP contribution is 2.12. The average molecular weight is 531 g/mol. The SMILES string of the molecule is NC(=N/N=C/c1ccccc1Cl)NOCCO.NN=C(N)NOCCO.O=Cc1ccccc1Cl. The van der Waals surface area contributed by atoms with Crippen LogP contribution in [-0.4, -0.2) is 61.1 Å². The number of nitrogens with one attached hydrogen (secondary N) is 2. The summed E-state index contributed by atoms with van der Waals surface area (Å²) < 4.78 is 0. The molecular weight excluding hydrogens is 503 g/mol. The van der Waals surface area contributed by atoms with E-state index in [1.165, 1.54) is 6.21 Å². The van der Waals surface area contributed by atoms with E-state index in [2.05, 4.69) is 31.1 Å². The molecule has 0 bridgehead atoms. The summed E-state index contributed by atoms with van der Waals surface area (Å²) in [5.41, 5.74) is 16.2. The molecule has 0 aliphatic carbocycles. The van der Waals surface area contributed by atoms with Crippen molar-refractivity contribution < 1.29 is 24.7 Å². The van der Waals surface area contributed by atoms with Crippen LogP contribution in [0.5, 0.6) is 0 Å². The molecule has 13 nitrogen and oxygen atoms in total. The lowest BCUT2D eigenvalue weighted by atomic mass is 10.2. The molecule has 0 atom stereocenters. The summed E-state index contributed by atoms with van der Waals surface area (Å²) in [4.78, 5) is 19.4. The van der Waals surface area contributed by atoms with Gasteiger partial charge in [0.1, 0.15) is 0 Å². The molecule has 15 heteroatoms. The average Bonchev–Trinajstić information content (AvgIpc) is 2.86. The minimum Gasteiger partial charge on any atom is -0.394 e. The standard InChI is InChI=1S/C10H13ClN4O2.C7H5ClO.C3H10N4O2/c11-9-4-2-1-3-8(9)7-13-14-10(12)15-17-6-5-16;8-7-4-2-1-3-6(7)5-9;4-3(6-5)7-9-2-1-8/h1-4,7,16H,5-6H2,(H3,12,14,15);1-5H;8H,1-2,5H2,(H3,4,6,7)/b13-7+;;. The van der Waals surface area contributed by atoms with E-state index >= 15 is 0 Å². The molecule has 10 N–H and O–H groups in total. The molecule has 192 valence electrons. The smallest absolute Gasteiger partial charge is 0.237 e. The van der Waals surface area contributed by atoms with E-state index in [0.717, 1.165) is 11.8 Å². The molecule has 35 heavy (non-hydrogen) atoms. The fourth-order valence-electron chi connectivity index (χ4n) is 1.69. The first-order valence-electron chi connectivity index (χ1n) is 9.70. The maximum atomic E-state index is 10.1. The monoisotopic (exact) mass is 530 g/mol. The summed E-state index contributed by atoms with van der Waals surface area (Å²) in [6, 6.07) is 14.1. The Balaban J connectivity index is 0.000000543. The van der Waals surface area contributed by atoms with Gasteiger partial charge in [0.25, 0.3) is 0 Å². The van der Waals surface area contributed by atoms with Crippen LogP contribution in [0.2, 0.25) is 10.0 Å². The Hall–Kier alpha value is -3.46. The second kappa shape index (κ2) is 21.1. The van der Waals surface area contributed by atoms with E-state index in [9.17, 15) is 4.79 Å². The third-order valence-corrected chi connectivity index (χ3v) is 3.87. The number of carbonyl (C=O) groups excluding carboxylic acids is 1. The molecule has 0 saturated carbocycles.